The summed E-state index contributed by atoms with van der Waals surface area (Å²) in [7, 11) is -6.64. The Morgan fingerprint density at radius 2 is 0.444 bits per heavy atom. The molecule has 4 fully saturated rings. The predicted octanol–water partition coefficient (Wildman–Crippen LogP) is 34.4. The first-order chi connectivity index (χ1) is 66.5. The molecule has 4 saturated heterocycles. The Hall–Kier alpha value is -4.04. The van der Waals surface area contributed by atoms with Crippen LogP contribution < -0.4 is 57.5 Å². The van der Waals surface area contributed by atoms with Gasteiger partial charge in [0.2, 0.25) is 0 Å². The fraction of sp³-hybridized carbons (Fsp3) is 0.438. The minimum absolute atomic E-state index is 0.451. The van der Waals surface area contributed by atoms with Crippen molar-refractivity contribution in [3.63, 3.8) is 0 Å². The minimum atomic E-state index is -2.49. The molecule has 0 bridgehead atoms. The van der Waals surface area contributed by atoms with Gasteiger partial charge in [-0.15, -0.1) is 0 Å². The standard InChI is InChI=1S/C19H18Ge.C19H18Si.C14H16Ge.C14H16Si.C9H14Ge.C9H14Si.C7H18Ge.C7H18Si.C6H14Ge.C6H14Si.C5H12Ge.C5H12Si.C4H12Ge.C4H12Si/c2*1-20(17-11-5-2-6-12-17,18-13-7-3-8-14-18)19-15-9-4-10-16-19;2*1-15(2,13-9-5-3-6-10-13)14-11-7-4-8-12-14;2*1-10(2,3)9-7-5-4-6-8-9;2*1-5-8(4,6-2)7-3;2*1-7(2)5-3-4-6-7;2*1-6(2)4-3-5-6;2*1-5(2,3)4/h2*2-16H,1H3;2*3-12H,1-2H3;2*4-8H,1-3H3;2*5-7H2,1-4H3;2*3-6H2,1-2H3;2*3-5H2,1-2H3;2*1-4H3. The molecule has 12 aromatic rings. The SMILES string of the molecule is CC[Si](C)(CC)CC.C[CH2][Ge]([CH3])([CH2]C)[CH2]C.C[Si](C)(C)C.C[Si](C)(C)c1ccccc1.C[Si](C)(c1ccccc1)c1ccccc1.C[Si](c1ccccc1)(c1ccccc1)c1ccccc1.C[Si]1(C)CCC1.C[Si]1(C)CCCC1.[CH3][Ge]([CH3])([CH3])[CH3].[CH3][Ge]([CH3])([CH3])[c]1ccccc1.[CH3][Ge]([CH3])([c]1ccccc1)[c]1ccccc1.[CH3][Ge]([c]1ccccc1)([c]1ccccc1)[c]1ccccc1.[CH3][Ge]1([CH3])[CH2]CC[CH2]1.[CH3][Ge]1([CH3])[CH2]C[CH2]1. The molecule has 4 heterocycles. The summed E-state index contributed by atoms with van der Waals surface area (Å²) in [6.07, 6.45) is 9.23. The van der Waals surface area contributed by atoms with Crippen molar-refractivity contribution in [1.29, 1.82) is 0 Å². The van der Waals surface area contributed by atoms with E-state index in [0.29, 0.717) is 0 Å². The van der Waals surface area contributed by atoms with Gasteiger partial charge in [0.25, 0.3) is 0 Å². The summed E-state index contributed by atoms with van der Waals surface area (Å²) < 4.78 is 9.19. The first kappa shape index (κ1) is 132. The molecule has 14 heteroatoms. The van der Waals surface area contributed by atoms with Crippen molar-refractivity contribution < 1.29 is 0 Å². The molecule has 0 aromatic heterocycles. The molecule has 0 aliphatic carbocycles. The molecular formula is C128H208Ge7Si7. The number of hydrogen-bond acceptors (Lipinski definition) is 0. The molecule has 0 spiro atoms. The fourth-order valence-corrected chi connectivity index (χ4v) is 57.7. The van der Waals surface area contributed by atoms with E-state index >= 15 is 0 Å². The Labute approximate surface area is 904 Å². The summed E-state index contributed by atoms with van der Waals surface area (Å²) in [6, 6.07) is 142. The Kier molecular flexibility index (Phi) is 61.3. The van der Waals surface area contributed by atoms with Gasteiger partial charge in [0.1, 0.15) is 16.1 Å². The van der Waals surface area contributed by atoms with E-state index in [1.165, 1.54) is 97.5 Å². The van der Waals surface area contributed by atoms with Crippen LogP contribution in [0.2, 0.25) is 264 Å². The molecule has 4 aliphatic heterocycles. The van der Waals surface area contributed by atoms with Crippen LogP contribution in [0.15, 0.2) is 364 Å². The van der Waals surface area contributed by atoms with E-state index in [9.17, 15) is 0 Å². The van der Waals surface area contributed by atoms with Crippen LogP contribution in [0.5, 0.6) is 0 Å². The van der Waals surface area contributed by atoms with E-state index in [-0.39, 0.29) is 0 Å². The molecule has 0 saturated carbocycles. The molecular weight excluding hydrogens is 2240 g/mol. The molecule has 16 rings (SSSR count). The van der Waals surface area contributed by atoms with Gasteiger partial charge in [0.15, 0.2) is 0 Å². The van der Waals surface area contributed by atoms with Gasteiger partial charge in [0.05, 0.1) is 8.07 Å². The first-order valence-corrected chi connectivity index (χ1v) is 126. The second kappa shape index (κ2) is 65.9. The Morgan fingerprint density at radius 1 is 0.246 bits per heavy atom. The predicted molar refractivity (Wildman–Crippen MR) is 698 cm³/mol. The molecule has 0 radical (unpaired) electrons. The normalized spacial score (nSPS) is 14.6. The average Bonchev–Trinajstić information content (AvgIpc) is 0.979. The first-order valence-electron chi connectivity index (χ1n) is 55.1. The maximum absolute atomic E-state index is 2.55. The number of hydrogen-bond donors (Lipinski definition) is 0. The molecule has 12 aromatic carbocycles. The topological polar surface area (TPSA) is 0 Å². The summed E-state index contributed by atoms with van der Waals surface area (Å²) in [4.78, 5) is 0. The van der Waals surface area contributed by atoms with Gasteiger partial charge in [-0.2, -0.15) is 0 Å². The van der Waals surface area contributed by atoms with Crippen molar-refractivity contribution in [2.75, 3.05) is 0 Å². The third-order valence-electron chi connectivity index (χ3n) is 29.8. The van der Waals surface area contributed by atoms with Gasteiger partial charge < -0.3 is 0 Å². The van der Waals surface area contributed by atoms with Gasteiger partial charge in [-0.3, -0.25) is 0 Å². The Balaban J connectivity index is 0.000000403. The quantitative estimate of drug-likeness (QED) is 0.0593. The maximum atomic E-state index is 2.55. The van der Waals surface area contributed by atoms with Crippen LogP contribution in [0, 0.1) is 0 Å². The van der Waals surface area contributed by atoms with Crippen molar-refractivity contribution in [3.8, 4) is 0 Å². The summed E-state index contributed by atoms with van der Waals surface area (Å²) in [6.45, 7) is 50.1. The van der Waals surface area contributed by atoms with Gasteiger partial charge in [-0.05, 0) is 15.6 Å². The fourth-order valence-electron chi connectivity index (χ4n) is 17.2. The Morgan fingerprint density at radius 3 is 0.577 bits per heavy atom. The second-order valence-corrected chi connectivity index (χ2v) is 162. The van der Waals surface area contributed by atoms with E-state index in [1.807, 2.05) is 0 Å². The zero-order chi connectivity index (χ0) is 106. The van der Waals surface area contributed by atoms with Crippen LogP contribution in [0.25, 0.3) is 0 Å². The van der Waals surface area contributed by atoms with Crippen molar-refractivity contribution in [1.82, 2.24) is 0 Å². The molecule has 4 aliphatic rings. The average molecular weight is 2450 g/mol. The van der Waals surface area contributed by atoms with E-state index < -0.39 is 149 Å². The van der Waals surface area contributed by atoms with E-state index in [0.717, 1.165) is 0 Å². The van der Waals surface area contributed by atoms with Crippen molar-refractivity contribution >= 4 is 207 Å². The monoisotopic (exact) mass is 2460 g/mol. The molecule has 0 unspecified atom stereocenters. The van der Waals surface area contributed by atoms with Crippen LogP contribution in [-0.2, 0) is 0 Å². The van der Waals surface area contributed by atoms with Crippen LogP contribution in [0.4, 0.5) is 0 Å². The van der Waals surface area contributed by atoms with Crippen molar-refractivity contribution in [3.05, 3.63) is 364 Å². The third kappa shape index (κ3) is 53.1. The van der Waals surface area contributed by atoms with Crippen LogP contribution >= 0.6 is 0 Å². The summed E-state index contributed by atoms with van der Waals surface area (Å²) in [5.41, 5.74) is 0. The van der Waals surface area contributed by atoms with Gasteiger partial charge in [-0.1, -0.05) is 378 Å². The molecule has 776 valence electrons. The molecule has 0 nitrogen and oxygen atoms in total. The zero-order valence-corrected chi connectivity index (χ0v) is 119. The van der Waals surface area contributed by atoms with Crippen LogP contribution in [0.1, 0.15) is 80.1 Å². The zero-order valence-electron chi connectivity index (χ0n) is 97.8. The molecule has 0 amide bonds. The van der Waals surface area contributed by atoms with Crippen LogP contribution in [0.3, 0.4) is 0 Å². The summed E-state index contributed by atoms with van der Waals surface area (Å²) in [5.74, 6) is 36.8. The third-order valence-corrected chi connectivity index (χ3v) is 98.1. The molecule has 0 N–H and O–H groups in total. The Bertz CT molecular complexity index is 4500. The summed E-state index contributed by atoms with van der Waals surface area (Å²) in [5, 5.41) is 20.0. The van der Waals surface area contributed by atoms with Crippen LogP contribution in [-0.4, -0.2) is 149 Å². The van der Waals surface area contributed by atoms with E-state index in [2.05, 4.69) is 590 Å². The van der Waals surface area contributed by atoms with Gasteiger partial charge in [0, 0.05) is 32.3 Å². The summed E-state index contributed by atoms with van der Waals surface area (Å²) >= 11 is -9.94. The van der Waals surface area contributed by atoms with Crippen molar-refractivity contribution in [2.24, 2.45) is 0 Å². The molecule has 142 heavy (non-hydrogen) atoms. The van der Waals surface area contributed by atoms with Gasteiger partial charge >= 0.3 is 464 Å². The second-order valence-electron chi connectivity index (χ2n) is 50.9. The van der Waals surface area contributed by atoms with E-state index in [1.54, 1.807) is 77.6 Å². The number of benzene rings is 12. The molecule has 0 atom stereocenters. The van der Waals surface area contributed by atoms with E-state index in [4.69, 9.17) is 0 Å². The van der Waals surface area contributed by atoms with Gasteiger partial charge in [-0.25, -0.2) is 0 Å². The number of rotatable bonds is 18. The van der Waals surface area contributed by atoms with Crippen molar-refractivity contribution in [2.45, 2.75) is 344 Å².